The zero-order chi connectivity index (χ0) is 9.68. The third-order valence-electron chi connectivity index (χ3n) is 1.46. The van der Waals surface area contributed by atoms with Crippen molar-refractivity contribution < 1.29 is 12.6 Å². The molecule has 0 fully saturated rings. The van der Waals surface area contributed by atoms with Crippen molar-refractivity contribution >= 4 is 29.0 Å². The van der Waals surface area contributed by atoms with Crippen LogP contribution in [0.25, 0.3) is 0 Å². The SMILES string of the molecule is Cc1ccc(OCC(=O)OI)cc1. The Hall–Kier alpha value is -0.780. The highest BCUT2D eigenvalue weighted by Gasteiger charge is 2.01. The Morgan fingerprint density at radius 2 is 2.00 bits per heavy atom. The Kier molecular flexibility index (Phi) is 4.01. The molecule has 0 aromatic heterocycles. The van der Waals surface area contributed by atoms with Gasteiger partial charge in [-0.1, -0.05) is 17.7 Å². The summed E-state index contributed by atoms with van der Waals surface area (Å²) in [6, 6.07) is 7.47. The number of hydrogen-bond donors (Lipinski definition) is 0. The smallest absolute Gasteiger partial charge is 0.353 e. The van der Waals surface area contributed by atoms with Crippen molar-refractivity contribution in [3.8, 4) is 5.75 Å². The van der Waals surface area contributed by atoms with E-state index in [2.05, 4.69) is 3.07 Å². The van der Waals surface area contributed by atoms with Crippen molar-refractivity contribution in [1.82, 2.24) is 0 Å². The van der Waals surface area contributed by atoms with Gasteiger partial charge < -0.3 is 7.80 Å². The second-order valence-electron chi connectivity index (χ2n) is 2.55. The topological polar surface area (TPSA) is 35.5 Å². The minimum absolute atomic E-state index is 0.0496. The summed E-state index contributed by atoms with van der Waals surface area (Å²) in [5.74, 6) is 0.286. The zero-order valence-corrected chi connectivity index (χ0v) is 9.28. The van der Waals surface area contributed by atoms with Crippen LogP contribution in [0.15, 0.2) is 24.3 Å². The number of carbonyl (C=O) groups is 1. The van der Waals surface area contributed by atoms with E-state index >= 15 is 0 Å². The van der Waals surface area contributed by atoms with Gasteiger partial charge in [-0.05, 0) is 19.1 Å². The number of hydrogen-bond acceptors (Lipinski definition) is 3. The molecule has 0 unspecified atom stereocenters. The van der Waals surface area contributed by atoms with Crippen LogP contribution in [-0.2, 0) is 7.86 Å². The highest BCUT2D eigenvalue weighted by Crippen LogP contribution is 2.11. The van der Waals surface area contributed by atoms with Crippen LogP contribution in [0.1, 0.15) is 5.56 Å². The number of benzene rings is 1. The van der Waals surface area contributed by atoms with Gasteiger partial charge in [0.1, 0.15) is 5.75 Å². The summed E-state index contributed by atoms with van der Waals surface area (Å²) in [6.45, 7) is 1.94. The Morgan fingerprint density at radius 3 is 2.54 bits per heavy atom. The normalized spacial score (nSPS) is 9.38. The molecule has 0 saturated carbocycles. The maximum Gasteiger partial charge on any atom is 0.353 e. The quantitative estimate of drug-likeness (QED) is 0.802. The van der Waals surface area contributed by atoms with Crippen LogP contribution >= 0.6 is 23.0 Å². The molecule has 0 N–H and O–H groups in total. The Balaban J connectivity index is 2.46. The molecule has 0 spiro atoms. The first-order chi connectivity index (χ1) is 6.22. The molecule has 0 aliphatic heterocycles. The van der Waals surface area contributed by atoms with Gasteiger partial charge in [0.15, 0.2) is 29.6 Å². The summed E-state index contributed by atoms with van der Waals surface area (Å²) < 4.78 is 9.54. The predicted molar refractivity (Wildman–Crippen MR) is 56.8 cm³/mol. The summed E-state index contributed by atoms with van der Waals surface area (Å²) >= 11 is 1.53. The molecule has 0 aliphatic carbocycles. The van der Waals surface area contributed by atoms with Gasteiger partial charge in [0, 0.05) is 0 Å². The standard InChI is InChI=1S/C9H9IO3/c1-7-2-4-8(5-3-7)12-6-9(11)13-10/h2-5H,6H2,1H3. The number of aryl methyl sites for hydroxylation is 1. The molecule has 1 aromatic carbocycles. The maximum absolute atomic E-state index is 10.7. The molecule has 4 heteroatoms. The molecule has 3 nitrogen and oxygen atoms in total. The van der Waals surface area contributed by atoms with Gasteiger partial charge >= 0.3 is 5.97 Å². The van der Waals surface area contributed by atoms with E-state index in [1.54, 1.807) is 0 Å². The van der Waals surface area contributed by atoms with Gasteiger partial charge in [0.05, 0.1) is 0 Å². The average molecular weight is 292 g/mol. The molecule has 13 heavy (non-hydrogen) atoms. The van der Waals surface area contributed by atoms with E-state index in [1.807, 2.05) is 31.2 Å². The first kappa shape index (κ1) is 10.3. The molecule has 70 valence electrons. The third kappa shape index (κ3) is 3.63. The molecule has 0 bridgehead atoms. The minimum Gasteiger partial charge on any atom is -0.482 e. The van der Waals surface area contributed by atoms with E-state index in [9.17, 15) is 4.79 Å². The summed E-state index contributed by atoms with van der Waals surface area (Å²) in [4.78, 5) is 10.7. The van der Waals surface area contributed by atoms with Crippen LogP contribution in [0.5, 0.6) is 5.75 Å². The number of halogens is 1. The average Bonchev–Trinajstić information content (AvgIpc) is 2.16. The Bertz CT molecular complexity index is 281. The Labute approximate surface area is 90.7 Å². The minimum atomic E-state index is -0.388. The van der Waals surface area contributed by atoms with Crippen LogP contribution in [0.2, 0.25) is 0 Å². The second kappa shape index (κ2) is 5.06. The maximum atomic E-state index is 10.7. The van der Waals surface area contributed by atoms with E-state index < -0.39 is 0 Å². The number of ether oxygens (including phenoxy) is 1. The lowest BCUT2D eigenvalue weighted by Crippen LogP contribution is -2.10. The largest absolute Gasteiger partial charge is 0.482 e. The molecule has 1 aromatic rings. The Morgan fingerprint density at radius 1 is 1.38 bits per heavy atom. The molecule has 0 amide bonds. The molecule has 0 heterocycles. The van der Waals surface area contributed by atoms with Gasteiger partial charge in [0.2, 0.25) is 0 Å². The van der Waals surface area contributed by atoms with Crippen LogP contribution in [0, 0.1) is 6.92 Å². The van der Waals surface area contributed by atoms with Crippen LogP contribution in [-0.4, -0.2) is 12.6 Å². The van der Waals surface area contributed by atoms with Gasteiger partial charge in [-0.15, -0.1) is 0 Å². The van der Waals surface area contributed by atoms with Crippen LogP contribution in [0.3, 0.4) is 0 Å². The van der Waals surface area contributed by atoms with Crippen molar-refractivity contribution in [1.29, 1.82) is 0 Å². The van der Waals surface area contributed by atoms with Crippen LogP contribution in [0.4, 0.5) is 0 Å². The van der Waals surface area contributed by atoms with Crippen molar-refractivity contribution in [2.45, 2.75) is 6.92 Å². The van der Waals surface area contributed by atoms with Crippen molar-refractivity contribution in [3.05, 3.63) is 29.8 Å². The van der Waals surface area contributed by atoms with Gasteiger partial charge in [-0.3, -0.25) is 0 Å². The second-order valence-corrected chi connectivity index (χ2v) is 2.99. The molecule has 0 atom stereocenters. The van der Waals surface area contributed by atoms with Crippen molar-refractivity contribution in [3.63, 3.8) is 0 Å². The van der Waals surface area contributed by atoms with E-state index in [4.69, 9.17) is 4.74 Å². The number of carbonyl (C=O) groups excluding carboxylic acids is 1. The van der Waals surface area contributed by atoms with E-state index in [0.717, 1.165) is 5.56 Å². The zero-order valence-electron chi connectivity index (χ0n) is 7.12. The highest BCUT2D eigenvalue weighted by molar-refractivity contribution is 14.1. The highest BCUT2D eigenvalue weighted by atomic mass is 127. The molecule has 0 radical (unpaired) electrons. The molecule has 0 saturated heterocycles. The van der Waals surface area contributed by atoms with E-state index in [0.29, 0.717) is 5.75 Å². The van der Waals surface area contributed by atoms with Gasteiger partial charge in [0.25, 0.3) is 0 Å². The number of rotatable bonds is 3. The van der Waals surface area contributed by atoms with Crippen molar-refractivity contribution in [2.24, 2.45) is 0 Å². The first-order valence-electron chi connectivity index (χ1n) is 3.73. The molecular formula is C9H9IO3. The van der Waals surface area contributed by atoms with Crippen molar-refractivity contribution in [2.75, 3.05) is 6.61 Å². The predicted octanol–water partition coefficient (Wildman–Crippen LogP) is 2.27. The van der Waals surface area contributed by atoms with Gasteiger partial charge in [-0.2, -0.15) is 0 Å². The summed E-state index contributed by atoms with van der Waals surface area (Å²) in [5, 5.41) is 0. The summed E-state index contributed by atoms with van der Waals surface area (Å²) in [7, 11) is 0. The lowest BCUT2D eigenvalue weighted by atomic mass is 10.2. The molecular weight excluding hydrogens is 283 g/mol. The first-order valence-corrected chi connectivity index (χ1v) is 4.61. The third-order valence-corrected chi connectivity index (χ3v) is 1.95. The fraction of sp³-hybridized carbons (Fsp3) is 0.222. The fourth-order valence-electron chi connectivity index (χ4n) is 0.799. The van der Waals surface area contributed by atoms with Crippen LogP contribution < -0.4 is 4.74 Å². The summed E-state index contributed by atoms with van der Waals surface area (Å²) in [5.41, 5.74) is 1.16. The molecule has 1 rings (SSSR count). The summed E-state index contributed by atoms with van der Waals surface area (Å²) in [6.07, 6.45) is 0. The monoisotopic (exact) mass is 292 g/mol. The van der Waals surface area contributed by atoms with E-state index in [1.165, 1.54) is 23.0 Å². The molecule has 0 aliphatic rings. The lowest BCUT2D eigenvalue weighted by Gasteiger charge is -2.03. The lowest BCUT2D eigenvalue weighted by molar-refractivity contribution is -0.133. The fourth-order valence-corrected chi connectivity index (χ4v) is 0.926. The van der Waals surface area contributed by atoms with E-state index in [-0.39, 0.29) is 12.6 Å². The van der Waals surface area contributed by atoms with Gasteiger partial charge in [-0.25, -0.2) is 4.79 Å².